The smallest absolute Gasteiger partial charge is 0.237 e. The third-order valence-electron chi connectivity index (χ3n) is 3.05. The summed E-state index contributed by atoms with van der Waals surface area (Å²) >= 11 is 0. The predicted molar refractivity (Wildman–Crippen MR) is 70.7 cm³/mol. The number of carbonyl (C=O) groups excluding carboxylic acids is 1. The molecule has 1 aromatic carbocycles. The van der Waals surface area contributed by atoms with Crippen LogP contribution in [0.3, 0.4) is 0 Å². The fourth-order valence-corrected chi connectivity index (χ4v) is 1.87. The number of rotatable bonds is 6. The largest absolute Gasteiger partial charge is 0.351 e. The van der Waals surface area contributed by atoms with Gasteiger partial charge in [-0.2, -0.15) is 0 Å². The summed E-state index contributed by atoms with van der Waals surface area (Å²) in [5.74, 6) is 0.0950. The second kappa shape index (κ2) is 7.07. The lowest BCUT2D eigenvalue weighted by molar-refractivity contribution is -0.125. The molecule has 3 heteroatoms. The fourth-order valence-electron chi connectivity index (χ4n) is 1.87. The molecule has 1 amide bonds. The van der Waals surface area contributed by atoms with E-state index in [9.17, 15) is 4.79 Å². The molecule has 0 fully saturated rings. The molecule has 1 rings (SSSR count). The number of amides is 1. The maximum atomic E-state index is 11.9. The summed E-state index contributed by atoms with van der Waals surface area (Å²) in [6, 6.07) is 9.91. The van der Waals surface area contributed by atoms with Crippen LogP contribution in [0.2, 0.25) is 0 Å². The van der Waals surface area contributed by atoms with Gasteiger partial charge < -0.3 is 5.32 Å². The molecule has 94 valence electrons. The molecule has 0 aliphatic heterocycles. The summed E-state index contributed by atoms with van der Waals surface area (Å²) in [4.78, 5) is 14.1. The van der Waals surface area contributed by atoms with Crippen LogP contribution in [-0.4, -0.2) is 29.9 Å². The highest BCUT2D eigenvalue weighted by molar-refractivity contribution is 5.81. The SMILES string of the molecule is CCN(CC)[C@@H](C)C(=O)NCc1ccccc1. The van der Waals surface area contributed by atoms with Gasteiger partial charge in [0.15, 0.2) is 0 Å². The number of hydrogen-bond donors (Lipinski definition) is 1. The highest BCUT2D eigenvalue weighted by atomic mass is 16.2. The number of hydrogen-bond acceptors (Lipinski definition) is 2. The highest BCUT2D eigenvalue weighted by Gasteiger charge is 2.17. The second-order valence-corrected chi connectivity index (χ2v) is 4.10. The van der Waals surface area contributed by atoms with Crippen LogP contribution in [0.1, 0.15) is 26.3 Å². The molecule has 0 saturated heterocycles. The molecule has 0 heterocycles. The van der Waals surface area contributed by atoms with Crippen LogP contribution in [0.5, 0.6) is 0 Å². The van der Waals surface area contributed by atoms with Crippen molar-refractivity contribution in [1.29, 1.82) is 0 Å². The molecule has 0 saturated carbocycles. The van der Waals surface area contributed by atoms with Gasteiger partial charge in [-0.25, -0.2) is 0 Å². The monoisotopic (exact) mass is 234 g/mol. The lowest BCUT2D eigenvalue weighted by atomic mass is 10.2. The highest BCUT2D eigenvalue weighted by Crippen LogP contribution is 2.01. The fraction of sp³-hybridized carbons (Fsp3) is 0.500. The van der Waals surface area contributed by atoms with E-state index in [1.165, 1.54) is 0 Å². The lowest BCUT2D eigenvalue weighted by Crippen LogP contribution is -2.44. The van der Waals surface area contributed by atoms with Crippen LogP contribution < -0.4 is 5.32 Å². The molecule has 0 aliphatic carbocycles. The van der Waals surface area contributed by atoms with Crippen LogP contribution in [0.25, 0.3) is 0 Å². The van der Waals surface area contributed by atoms with Crippen molar-refractivity contribution in [3.8, 4) is 0 Å². The zero-order chi connectivity index (χ0) is 12.7. The van der Waals surface area contributed by atoms with Gasteiger partial charge in [0.2, 0.25) is 5.91 Å². The average molecular weight is 234 g/mol. The average Bonchev–Trinajstić information content (AvgIpc) is 2.38. The summed E-state index contributed by atoms with van der Waals surface area (Å²) in [5.41, 5.74) is 1.13. The summed E-state index contributed by atoms with van der Waals surface area (Å²) in [6.07, 6.45) is 0. The third-order valence-corrected chi connectivity index (χ3v) is 3.05. The predicted octanol–water partition coefficient (Wildman–Crippen LogP) is 2.03. The van der Waals surface area contributed by atoms with Crippen molar-refractivity contribution in [1.82, 2.24) is 10.2 Å². The van der Waals surface area contributed by atoms with Crippen molar-refractivity contribution in [2.75, 3.05) is 13.1 Å². The van der Waals surface area contributed by atoms with Crippen molar-refractivity contribution in [2.45, 2.75) is 33.4 Å². The first-order valence-corrected chi connectivity index (χ1v) is 6.24. The van der Waals surface area contributed by atoms with Gasteiger partial charge in [-0.3, -0.25) is 9.69 Å². The number of carbonyl (C=O) groups is 1. The molecule has 1 atom stereocenters. The van der Waals surface area contributed by atoms with Gasteiger partial charge >= 0.3 is 0 Å². The molecule has 3 nitrogen and oxygen atoms in total. The maximum Gasteiger partial charge on any atom is 0.237 e. The Morgan fingerprint density at radius 2 is 1.82 bits per heavy atom. The zero-order valence-electron chi connectivity index (χ0n) is 10.9. The van der Waals surface area contributed by atoms with E-state index >= 15 is 0 Å². The number of likely N-dealkylation sites (N-methyl/N-ethyl adjacent to an activating group) is 1. The molecular weight excluding hydrogens is 212 g/mol. The van der Waals surface area contributed by atoms with Gasteiger partial charge in [-0.15, -0.1) is 0 Å². The summed E-state index contributed by atoms with van der Waals surface area (Å²) in [7, 11) is 0. The number of nitrogens with zero attached hydrogens (tertiary/aromatic N) is 1. The Kier molecular flexibility index (Phi) is 5.70. The summed E-state index contributed by atoms with van der Waals surface area (Å²) in [5, 5.41) is 2.97. The molecule has 0 bridgehead atoms. The molecule has 0 spiro atoms. The van der Waals surface area contributed by atoms with Crippen molar-refractivity contribution >= 4 is 5.91 Å². The Balaban J connectivity index is 2.44. The van der Waals surface area contributed by atoms with E-state index in [0.29, 0.717) is 6.54 Å². The van der Waals surface area contributed by atoms with Crippen LogP contribution >= 0.6 is 0 Å². The van der Waals surface area contributed by atoms with E-state index in [0.717, 1.165) is 18.7 Å². The van der Waals surface area contributed by atoms with E-state index in [1.54, 1.807) is 0 Å². The molecular formula is C14H22N2O. The minimum absolute atomic E-state index is 0.0614. The molecule has 1 aromatic rings. The lowest BCUT2D eigenvalue weighted by Gasteiger charge is -2.25. The van der Waals surface area contributed by atoms with E-state index < -0.39 is 0 Å². The van der Waals surface area contributed by atoms with Crippen LogP contribution in [-0.2, 0) is 11.3 Å². The molecule has 0 aromatic heterocycles. The van der Waals surface area contributed by atoms with Gasteiger partial charge in [0.1, 0.15) is 0 Å². The third kappa shape index (κ3) is 4.19. The van der Waals surface area contributed by atoms with Gasteiger partial charge in [-0.1, -0.05) is 44.2 Å². The second-order valence-electron chi connectivity index (χ2n) is 4.10. The van der Waals surface area contributed by atoms with Crippen molar-refractivity contribution in [2.24, 2.45) is 0 Å². The standard InChI is InChI=1S/C14H22N2O/c1-4-16(5-2)12(3)14(17)15-11-13-9-7-6-8-10-13/h6-10,12H,4-5,11H2,1-3H3,(H,15,17)/t12-/m0/s1. The van der Waals surface area contributed by atoms with E-state index in [1.807, 2.05) is 37.3 Å². The first-order chi connectivity index (χ1) is 8.19. The quantitative estimate of drug-likeness (QED) is 0.817. The molecule has 0 unspecified atom stereocenters. The van der Waals surface area contributed by atoms with Gasteiger partial charge in [0, 0.05) is 6.54 Å². The Labute approximate surface area is 104 Å². The molecule has 0 aliphatic rings. The van der Waals surface area contributed by atoms with Crippen LogP contribution in [0, 0.1) is 0 Å². The van der Waals surface area contributed by atoms with Crippen LogP contribution in [0.15, 0.2) is 30.3 Å². The minimum Gasteiger partial charge on any atom is -0.351 e. The Hall–Kier alpha value is -1.35. The Morgan fingerprint density at radius 1 is 1.24 bits per heavy atom. The topological polar surface area (TPSA) is 32.3 Å². The van der Waals surface area contributed by atoms with Crippen molar-refractivity contribution in [3.05, 3.63) is 35.9 Å². The summed E-state index contributed by atoms with van der Waals surface area (Å²) < 4.78 is 0. The van der Waals surface area contributed by atoms with E-state index in [-0.39, 0.29) is 11.9 Å². The van der Waals surface area contributed by atoms with Gasteiger partial charge in [0.05, 0.1) is 6.04 Å². The first-order valence-electron chi connectivity index (χ1n) is 6.24. The van der Waals surface area contributed by atoms with Crippen molar-refractivity contribution in [3.63, 3.8) is 0 Å². The Bertz CT molecular complexity index is 333. The maximum absolute atomic E-state index is 11.9. The van der Waals surface area contributed by atoms with E-state index in [2.05, 4.69) is 24.1 Å². The van der Waals surface area contributed by atoms with Gasteiger partial charge in [0.25, 0.3) is 0 Å². The first kappa shape index (κ1) is 13.7. The number of nitrogens with one attached hydrogen (secondary N) is 1. The zero-order valence-corrected chi connectivity index (χ0v) is 10.9. The number of benzene rings is 1. The Morgan fingerprint density at radius 3 is 2.35 bits per heavy atom. The van der Waals surface area contributed by atoms with E-state index in [4.69, 9.17) is 0 Å². The van der Waals surface area contributed by atoms with Gasteiger partial charge in [-0.05, 0) is 25.6 Å². The van der Waals surface area contributed by atoms with Crippen molar-refractivity contribution < 1.29 is 4.79 Å². The van der Waals surface area contributed by atoms with Crippen LogP contribution in [0.4, 0.5) is 0 Å². The normalized spacial score (nSPS) is 12.5. The molecule has 17 heavy (non-hydrogen) atoms. The molecule has 1 N–H and O–H groups in total. The molecule has 0 radical (unpaired) electrons. The minimum atomic E-state index is -0.0614. The summed E-state index contributed by atoms with van der Waals surface area (Å²) in [6.45, 7) is 8.50.